The van der Waals surface area contributed by atoms with E-state index >= 15 is 0 Å². The maximum atomic E-state index is 12.5. The molecule has 0 saturated carbocycles. The van der Waals surface area contributed by atoms with E-state index in [2.05, 4.69) is 0 Å². The molecule has 0 N–H and O–H groups in total. The number of hydrogen-bond acceptors (Lipinski definition) is 4. The summed E-state index contributed by atoms with van der Waals surface area (Å²) >= 11 is 0. The van der Waals surface area contributed by atoms with Crippen LogP contribution in [0.1, 0.15) is 50.5 Å². The normalized spacial score (nSPS) is 25.0. The third kappa shape index (κ3) is 3.06. The topological polar surface area (TPSA) is 52.6 Å². The van der Waals surface area contributed by atoms with Crippen molar-refractivity contribution in [2.24, 2.45) is 0 Å². The van der Waals surface area contributed by atoms with E-state index in [4.69, 9.17) is 9.47 Å². The molecule has 22 heavy (non-hydrogen) atoms. The SMILES string of the molecule is CC(=O)O[C@@H]1C[C@@H](c2ccccc2)C2=C(CCCCC2=O)O1. The first kappa shape index (κ1) is 14.8. The minimum atomic E-state index is -0.604. The molecule has 2 aliphatic rings. The summed E-state index contributed by atoms with van der Waals surface area (Å²) in [6.07, 6.45) is 3.01. The van der Waals surface area contributed by atoms with Crippen LogP contribution in [0.3, 0.4) is 0 Å². The number of ketones is 1. The number of rotatable bonds is 2. The fourth-order valence-electron chi connectivity index (χ4n) is 3.27. The molecule has 1 aliphatic carbocycles. The molecule has 4 heteroatoms. The second-order valence-electron chi connectivity index (χ2n) is 5.82. The largest absolute Gasteiger partial charge is 0.459 e. The fourth-order valence-corrected chi connectivity index (χ4v) is 3.27. The highest BCUT2D eigenvalue weighted by atomic mass is 16.7. The Balaban J connectivity index is 1.99. The summed E-state index contributed by atoms with van der Waals surface area (Å²) in [5.74, 6) is 0.470. The molecule has 1 heterocycles. The predicted octanol–water partition coefficient (Wildman–Crippen LogP) is 3.48. The van der Waals surface area contributed by atoms with E-state index in [1.165, 1.54) is 6.92 Å². The summed E-state index contributed by atoms with van der Waals surface area (Å²) in [5.41, 5.74) is 1.86. The molecule has 0 saturated heterocycles. The third-order valence-electron chi connectivity index (χ3n) is 4.21. The van der Waals surface area contributed by atoms with Crippen molar-refractivity contribution in [3.8, 4) is 0 Å². The van der Waals surface area contributed by atoms with Gasteiger partial charge in [-0.1, -0.05) is 30.3 Å². The van der Waals surface area contributed by atoms with Gasteiger partial charge >= 0.3 is 5.97 Å². The van der Waals surface area contributed by atoms with E-state index < -0.39 is 6.29 Å². The van der Waals surface area contributed by atoms with Crippen LogP contribution in [-0.2, 0) is 19.1 Å². The Morgan fingerprint density at radius 3 is 2.64 bits per heavy atom. The molecule has 3 rings (SSSR count). The van der Waals surface area contributed by atoms with Gasteiger partial charge in [-0.3, -0.25) is 9.59 Å². The monoisotopic (exact) mass is 300 g/mol. The summed E-state index contributed by atoms with van der Waals surface area (Å²) < 4.78 is 11.1. The lowest BCUT2D eigenvalue weighted by atomic mass is 9.83. The second-order valence-corrected chi connectivity index (χ2v) is 5.82. The van der Waals surface area contributed by atoms with E-state index in [0.29, 0.717) is 18.6 Å². The zero-order valence-electron chi connectivity index (χ0n) is 12.7. The van der Waals surface area contributed by atoms with Crippen LogP contribution in [0.25, 0.3) is 0 Å². The molecule has 1 aliphatic heterocycles. The summed E-state index contributed by atoms with van der Waals surface area (Å²) in [6, 6.07) is 9.92. The Labute approximate surface area is 130 Å². The lowest BCUT2D eigenvalue weighted by molar-refractivity contribution is -0.173. The van der Waals surface area contributed by atoms with Crippen LogP contribution in [0.5, 0.6) is 0 Å². The van der Waals surface area contributed by atoms with Crippen molar-refractivity contribution in [1.82, 2.24) is 0 Å². The maximum Gasteiger partial charge on any atom is 0.305 e. The number of allylic oxidation sites excluding steroid dienone is 2. The molecule has 2 atom stereocenters. The number of carbonyl (C=O) groups is 2. The standard InChI is InChI=1S/C18H20O4/c1-12(19)21-17-11-14(13-7-3-2-4-8-13)18-15(20)9-5-6-10-16(18)22-17/h2-4,7-8,14,17H,5-6,9-11H2,1H3/t14-,17-/m0/s1. The Morgan fingerprint density at radius 2 is 1.91 bits per heavy atom. The zero-order chi connectivity index (χ0) is 15.5. The van der Waals surface area contributed by atoms with E-state index in [1.54, 1.807) is 0 Å². The molecule has 0 bridgehead atoms. The van der Waals surface area contributed by atoms with Crippen LogP contribution in [0.4, 0.5) is 0 Å². The van der Waals surface area contributed by atoms with Gasteiger partial charge in [0.2, 0.25) is 6.29 Å². The van der Waals surface area contributed by atoms with E-state index in [9.17, 15) is 9.59 Å². The van der Waals surface area contributed by atoms with Gasteiger partial charge in [0.05, 0.1) is 0 Å². The van der Waals surface area contributed by atoms with Crippen molar-refractivity contribution in [3.63, 3.8) is 0 Å². The number of benzene rings is 1. The van der Waals surface area contributed by atoms with Gasteiger partial charge in [-0.2, -0.15) is 0 Å². The fraction of sp³-hybridized carbons (Fsp3) is 0.444. The van der Waals surface area contributed by atoms with Crippen LogP contribution in [0.15, 0.2) is 41.7 Å². The number of esters is 1. The van der Waals surface area contributed by atoms with Gasteiger partial charge in [-0.15, -0.1) is 0 Å². The van der Waals surface area contributed by atoms with E-state index in [0.717, 1.165) is 30.4 Å². The minimum Gasteiger partial charge on any atom is -0.459 e. The molecular weight excluding hydrogens is 280 g/mol. The molecule has 0 amide bonds. The first-order valence-corrected chi connectivity index (χ1v) is 7.80. The van der Waals surface area contributed by atoms with Gasteiger partial charge in [-0.25, -0.2) is 0 Å². The number of hydrogen-bond donors (Lipinski definition) is 0. The predicted molar refractivity (Wildman–Crippen MR) is 80.9 cm³/mol. The molecule has 0 unspecified atom stereocenters. The Bertz CT molecular complexity index is 603. The molecule has 0 spiro atoms. The van der Waals surface area contributed by atoms with Crippen LogP contribution >= 0.6 is 0 Å². The Morgan fingerprint density at radius 1 is 1.18 bits per heavy atom. The van der Waals surface area contributed by atoms with Crippen molar-refractivity contribution < 1.29 is 19.1 Å². The van der Waals surface area contributed by atoms with Gasteiger partial charge in [0.15, 0.2) is 5.78 Å². The van der Waals surface area contributed by atoms with Crippen LogP contribution in [-0.4, -0.2) is 18.0 Å². The average Bonchev–Trinajstić information content (AvgIpc) is 2.69. The molecule has 116 valence electrons. The Kier molecular flexibility index (Phi) is 4.27. The highest BCUT2D eigenvalue weighted by molar-refractivity contribution is 5.97. The summed E-state index contributed by atoms with van der Waals surface area (Å²) in [4.78, 5) is 23.8. The molecular formula is C18H20O4. The van der Waals surface area contributed by atoms with Crippen molar-refractivity contribution in [1.29, 1.82) is 0 Å². The molecule has 4 nitrogen and oxygen atoms in total. The zero-order valence-corrected chi connectivity index (χ0v) is 12.7. The van der Waals surface area contributed by atoms with Gasteiger partial charge in [0, 0.05) is 37.7 Å². The average molecular weight is 300 g/mol. The smallest absolute Gasteiger partial charge is 0.305 e. The third-order valence-corrected chi connectivity index (χ3v) is 4.21. The van der Waals surface area contributed by atoms with Crippen LogP contribution in [0.2, 0.25) is 0 Å². The van der Waals surface area contributed by atoms with Crippen LogP contribution in [0, 0.1) is 0 Å². The molecule has 1 aromatic carbocycles. The lowest BCUT2D eigenvalue weighted by Crippen LogP contribution is -2.30. The quantitative estimate of drug-likeness (QED) is 0.785. The van der Waals surface area contributed by atoms with Gasteiger partial charge in [0.25, 0.3) is 0 Å². The lowest BCUT2D eigenvalue weighted by Gasteiger charge is -2.32. The molecule has 1 aromatic rings. The molecule has 0 aromatic heterocycles. The van der Waals surface area contributed by atoms with Crippen LogP contribution < -0.4 is 0 Å². The van der Waals surface area contributed by atoms with Crippen molar-refractivity contribution in [2.45, 2.75) is 51.2 Å². The van der Waals surface area contributed by atoms with E-state index in [-0.39, 0.29) is 17.7 Å². The van der Waals surface area contributed by atoms with Gasteiger partial charge in [0.1, 0.15) is 5.76 Å². The van der Waals surface area contributed by atoms with Gasteiger partial charge < -0.3 is 9.47 Å². The highest BCUT2D eigenvalue weighted by Gasteiger charge is 2.37. The summed E-state index contributed by atoms with van der Waals surface area (Å²) in [6.45, 7) is 1.38. The Hall–Kier alpha value is -2.10. The van der Waals surface area contributed by atoms with Crippen molar-refractivity contribution in [3.05, 3.63) is 47.2 Å². The number of Topliss-reactive ketones (excluding diaryl/α,β-unsaturated/α-hetero) is 1. The summed E-state index contributed by atoms with van der Waals surface area (Å²) in [5, 5.41) is 0. The minimum absolute atomic E-state index is 0.0556. The first-order chi connectivity index (χ1) is 10.6. The van der Waals surface area contributed by atoms with Crippen molar-refractivity contribution >= 4 is 11.8 Å². The molecule has 0 radical (unpaired) electrons. The second kappa shape index (κ2) is 6.34. The highest BCUT2D eigenvalue weighted by Crippen LogP contribution is 2.41. The number of ether oxygens (including phenoxy) is 2. The number of carbonyl (C=O) groups excluding carboxylic acids is 2. The van der Waals surface area contributed by atoms with Gasteiger partial charge in [-0.05, 0) is 18.4 Å². The molecule has 0 fully saturated rings. The maximum absolute atomic E-state index is 12.5. The summed E-state index contributed by atoms with van der Waals surface area (Å²) in [7, 11) is 0. The van der Waals surface area contributed by atoms with E-state index in [1.807, 2.05) is 30.3 Å². The first-order valence-electron chi connectivity index (χ1n) is 7.80. The van der Waals surface area contributed by atoms with Crippen molar-refractivity contribution in [2.75, 3.05) is 0 Å².